The lowest BCUT2D eigenvalue weighted by Gasteiger charge is -2.15. The zero-order valence-corrected chi connectivity index (χ0v) is 15.2. The van der Waals surface area contributed by atoms with Gasteiger partial charge in [-0.25, -0.2) is 13.1 Å². The van der Waals surface area contributed by atoms with Crippen LogP contribution in [0.1, 0.15) is 39.2 Å². The van der Waals surface area contributed by atoms with E-state index in [1.54, 1.807) is 12.1 Å². The Morgan fingerprint density at radius 1 is 1.24 bits per heavy atom. The Kier molecular flexibility index (Phi) is 8.81. The average Bonchev–Trinajstić information content (AvgIpc) is 2.37. The van der Waals surface area contributed by atoms with Gasteiger partial charge in [0.2, 0.25) is 10.0 Å². The Morgan fingerprint density at radius 2 is 1.86 bits per heavy atom. The number of nitrogens with one attached hydrogen (secondary N) is 2. The maximum absolute atomic E-state index is 12.3. The fourth-order valence-electron chi connectivity index (χ4n) is 1.82. The zero-order valence-electron chi connectivity index (χ0n) is 12.8. The molecule has 1 atom stereocenters. The van der Waals surface area contributed by atoms with E-state index >= 15 is 0 Å². The summed E-state index contributed by atoms with van der Waals surface area (Å²) in [7, 11) is -3.58. The minimum atomic E-state index is -3.58. The number of benzene rings is 1. The van der Waals surface area contributed by atoms with E-state index in [1.807, 2.05) is 33.8 Å². The Bertz CT molecular complexity index is 548. The summed E-state index contributed by atoms with van der Waals surface area (Å²) in [5.74, 6) is 0.252. The van der Waals surface area contributed by atoms with E-state index in [9.17, 15) is 8.42 Å². The second-order valence-electron chi connectivity index (χ2n) is 5.16. The first-order valence-corrected chi connectivity index (χ1v) is 8.66. The molecular formula is C14H24Cl2N2O2S. The van der Waals surface area contributed by atoms with Crippen LogP contribution in [0.3, 0.4) is 0 Å². The highest BCUT2D eigenvalue weighted by atomic mass is 35.5. The van der Waals surface area contributed by atoms with Crippen LogP contribution in [0, 0.1) is 0 Å². The van der Waals surface area contributed by atoms with Gasteiger partial charge >= 0.3 is 0 Å². The SMILES string of the molecule is CCN[C@H](C)CNS(=O)(=O)c1cc(C(C)C)ccc1Cl.Cl. The summed E-state index contributed by atoms with van der Waals surface area (Å²) >= 11 is 6.03. The molecule has 4 nitrogen and oxygen atoms in total. The number of likely N-dealkylation sites (N-methyl/N-ethyl adjacent to an activating group) is 1. The lowest BCUT2D eigenvalue weighted by atomic mass is 10.0. The van der Waals surface area contributed by atoms with Gasteiger partial charge in [-0.15, -0.1) is 12.4 Å². The molecule has 122 valence electrons. The quantitative estimate of drug-likeness (QED) is 0.790. The molecule has 7 heteroatoms. The third-order valence-corrected chi connectivity index (χ3v) is 4.95. The fourth-order valence-corrected chi connectivity index (χ4v) is 3.48. The minimum Gasteiger partial charge on any atom is -0.313 e. The van der Waals surface area contributed by atoms with Crippen molar-refractivity contribution in [2.75, 3.05) is 13.1 Å². The van der Waals surface area contributed by atoms with Gasteiger partial charge in [0.05, 0.1) is 5.02 Å². The molecule has 0 spiro atoms. The molecular weight excluding hydrogens is 331 g/mol. The number of sulfonamides is 1. The average molecular weight is 355 g/mol. The van der Waals surface area contributed by atoms with Gasteiger partial charge in [-0.1, -0.05) is 38.4 Å². The van der Waals surface area contributed by atoms with Crippen LogP contribution in [0.2, 0.25) is 5.02 Å². The number of hydrogen-bond donors (Lipinski definition) is 2. The molecule has 1 aromatic carbocycles. The van der Waals surface area contributed by atoms with Crippen molar-refractivity contribution in [2.45, 2.75) is 44.6 Å². The van der Waals surface area contributed by atoms with Crippen LogP contribution in [-0.4, -0.2) is 27.5 Å². The summed E-state index contributed by atoms with van der Waals surface area (Å²) in [5.41, 5.74) is 0.953. The normalized spacial score (nSPS) is 13.0. The molecule has 0 bridgehead atoms. The first-order valence-electron chi connectivity index (χ1n) is 6.80. The first-order chi connectivity index (χ1) is 9.27. The number of rotatable bonds is 7. The van der Waals surface area contributed by atoms with Crippen LogP contribution in [0.4, 0.5) is 0 Å². The third kappa shape index (κ3) is 6.12. The summed E-state index contributed by atoms with van der Waals surface area (Å²) in [6, 6.07) is 5.21. The van der Waals surface area contributed by atoms with Crippen LogP contribution in [0.25, 0.3) is 0 Å². The monoisotopic (exact) mass is 354 g/mol. The molecule has 0 aliphatic rings. The molecule has 21 heavy (non-hydrogen) atoms. The van der Waals surface area contributed by atoms with Crippen molar-refractivity contribution in [3.63, 3.8) is 0 Å². The number of halogens is 2. The molecule has 0 radical (unpaired) electrons. The molecule has 0 aromatic heterocycles. The predicted molar refractivity (Wildman–Crippen MR) is 91.1 cm³/mol. The van der Waals surface area contributed by atoms with E-state index in [0.717, 1.165) is 12.1 Å². The van der Waals surface area contributed by atoms with Crippen molar-refractivity contribution in [3.8, 4) is 0 Å². The van der Waals surface area contributed by atoms with Gasteiger partial charge in [-0.05, 0) is 37.1 Å². The maximum atomic E-state index is 12.3. The van der Waals surface area contributed by atoms with Gasteiger partial charge in [0.25, 0.3) is 0 Å². The third-order valence-electron chi connectivity index (χ3n) is 3.04. The summed E-state index contributed by atoms with van der Waals surface area (Å²) in [5, 5.41) is 3.40. The van der Waals surface area contributed by atoms with E-state index in [1.165, 1.54) is 0 Å². The molecule has 0 amide bonds. The van der Waals surface area contributed by atoms with Gasteiger partial charge < -0.3 is 5.32 Å². The highest BCUT2D eigenvalue weighted by molar-refractivity contribution is 7.89. The van der Waals surface area contributed by atoms with Crippen molar-refractivity contribution in [2.24, 2.45) is 0 Å². The maximum Gasteiger partial charge on any atom is 0.242 e. The Hall–Kier alpha value is -0.330. The molecule has 2 N–H and O–H groups in total. The minimum absolute atomic E-state index is 0. The van der Waals surface area contributed by atoms with Crippen LogP contribution < -0.4 is 10.0 Å². The molecule has 1 aromatic rings. The molecule has 0 aliphatic carbocycles. The van der Waals surface area contributed by atoms with Crippen LogP contribution in [-0.2, 0) is 10.0 Å². The predicted octanol–water partition coefficient (Wildman–Crippen LogP) is 3.16. The summed E-state index contributed by atoms with van der Waals surface area (Å²) in [6.45, 7) is 9.07. The van der Waals surface area contributed by atoms with Gasteiger partial charge in [-0.2, -0.15) is 0 Å². The second-order valence-corrected chi connectivity index (χ2v) is 7.30. The van der Waals surface area contributed by atoms with Crippen LogP contribution >= 0.6 is 24.0 Å². The standard InChI is InChI=1S/C14H23ClN2O2S.ClH/c1-5-16-11(4)9-17-20(18,19)14-8-12(10(2)3)6-7-13(14)15;/h6-8,10-11,16-17H,5,9H2,1-4H3;1H/t11-;/m1./s1. The molecule has 0 saturated carbocycles. The molecule has 0 fully saturated rings. The second kappa shape index (κ2) is 8.96. The van der Waals surface area contributed by atoms with E-state index in [0.29, 0.717) is 6.54 Å². The van der Waals surface area contributed by atoms with E-state index in [4.69, 9.17) is 11.6 Å². The zero-order chi connectivity index (χ0) is 15.3. The highest BCUT2D eigenvalue weighted by Gasteiger charge is 2.19. The summed E-state index contributed by atoms with van der Waals surface area (Å²) in [4.78, 5) is 0.147. The van der Waals surface area contributed by atoms with Crippen molar-refractivity contribution in [3.05, 3.63) is 28.8 Å². The first kappa shape index (κ1) is 20.7. The van der Waals surface area contributed by atoms with Crippen LogP contribution in [0.5, 0.6) is 0 Å². The van der Waals surface area contributed by atoms with E-state index < -0.39 is 10.0 Å². The molecule has 1 rings (SSSR count). The summed E-state index contributed by atoms with van der Waals surface area (Å²) in [6.07, 6.45) is 0. The Labute approximate surface area is 139 Å². The van der Waals surface area contributed by atoms with Gasteiger partial charge in [0, 0.05) is 12.6 Å². The van der Waals surface area contributed by atoms with Crippen molar-refractivity contribution in [1.82, 2.24) is 10.0 Å². The van der Waals surface area contributed by atoms with E-state index in [2.05, 4.69) is 10.0 Å². The number of hydrogen-bond acceptors (Lipinski definition) is 3. The lowest BCUT2D eigenvalue weighted by molar-refractivity contribution is 0.536. The molecule has 0 unspecified atom stereocenters. The smallest absolute Gasteiger partial charge is 0.242 e. The molecule has 0 saturated heterocycles. The van der Waals surface area contributed by atoms with Gasteiger partial charge in [-0.3, -0.25) is 0 Å². The van der Waals surface area contributed by atoms with Gasteiger partial charge in [0.1, 0.15) is 4.90 Å². The van der Waals surface area contributed by atoms with Crippen molar-refractivity contribution < 1.29 is 8.42 Å². The molecule has 0 aliphatic heterocycles. The van der Waals surface area contributed by atoms with Gasteiger partial charge in [0.15, 0.2) is 0 Å². The Morgan fingerprint density at radius 3 is 2.38 bits per heavy atom. The van der Waals surface area contributed by atoms with Crippen LogP contribution in [0.15, 0.2) is 23.1 Å². The molecule has 0 heterocycles. The van der Waals surface area contributed by atoms with Crippen molar-refractivity contribution in [1.29, 1.82) is 0 Å². The Balaban J connectivity index is 0.00000400. The summed E-state index contributed by atoms with van der Waals surface area (Å²) < 4.78 is 27.2. The largest absolute Gasteiger partial charge is 0.313 e. The fraction of sp³-hybridized carbons (Fsp3) is 0.571. The van der Waals surface area contributed by atoms with Crippen molar-refractivity contribution >= 4 is 34.0 Å². The topological polar surface area (TPSA) is 58.2 Å². The highest BCUT2D eigenvalue weighted by Crippen LogP contribution is 2.25. The lowest BCUT2D eigenvalue weighted by Crippen LogP contribution is -2.38. The van der Waals surface area contributed by atoms with E-state index in [-0.39, 0.29) is 34.3 Å².